The van der Waals surface area contributed by atoms with Crippen LogP contribution in [0.3, 0.4) is 0 Å². The lowest BCUT2D eigenvalue weighted by atomic mass is 9.97. The first-order valence-electron chi connectivity index (χ1n) is 4.16. The molecule has 0 saturated carbocycles. The highest BCUT2D eigenvalue weighted by Gasteiger charge is 2.15. The minimum Gasteiger partial charge on any atom is -0.348 e. The molecule has 1 aliphatic rings. The van der Waals surface area contributed by atoms with Gasteiger partial charge in [-0.2, -0.15) is 0 Å². The molecule has 1 saturated heterocycles. The van der Waals surface area contributed by atoms with E-state index < -0.39 is 0 Å². The average molecular weight is 151 g/mol. The summed E-state index contributed by atoms with van der Waals surface area (Å²) in [7, 11) is 0. The maximum Gasteiger partial charge on any atom is 0.0921 e. The molecule has 2 N–H and O–H groups in total. The van der Waals surface area contributed by atoms with Crippen molar-refractivity contribution in [1.29, 1.82) is 0 Å². The molecular weight excluding hydrogens is 138 g/mol. The van der Waals surface area contributed by atoms with Gasteiger partial charge in [-0.3, -0.25) is 0 Å². The van der Waals surface area contributed by atoms with E-state index in [0.717, 1.165) is 6.54 Å². The average Bonchev–Trinajstić information content (AvgIpc) is 2.58. The molecule has 1 fully saturated rings. The van der Waals surface area contributed by atoms with Crippen LogP contribution in [-0.2, 0) is 0 Å². The van der Waals surface area contributed by atoms with Crippen molar-refractivity contribution >= 4 is 0 Å². The zero-order valence-electron chi connectivity index (χ0n) is 6.51. The van der Waals surface area contributed by atoms with E-state index in [9.17, 15) is 0 Å². The van der Waals surface area contributed by atoms with Gasteiger partial charge in [0.2, 0.25) is 0 Å². The summed E-state index contributed by atoms with van der Waals surface area (Å²) >= 11 is 0. The van der Waals surface area contributed by atoms with Crippen LogP contribution in [0, 0.1) is 0 Å². The summed E-state index contributed by atoms with van der Waals surface area (Å²) in [6.07, 6.45) is 6.25. The molecule has 2 rings (SSSR count). The van der Waals surface area contributed by atoms with Crippen LogP contribution in [0.4, 0.5) is 0 Å². The van der Waals surface area contributed by atoms with Crippen LogP contribution < -0.4 is 5.32 Å². The van der Waals surface area contributed by atoms with Crippen LogP contribution in [0.15, 0.2) is 12.5 Å². The Balaban J connectivity index is 2.04. The molecule has 11 heavy (non-hydrogen) atoms. The van der Waals surface area contributed by atoms with Gasteiger partial charge in [-0.05, 0) is 19.4 Å². The Morgan fingerprint density at radius 1 is 1.55 bits per heavy atom. The number of aromatic nitrogens is 2. The van der Waals surface area contributed by atoms with Crippen molar-refractivity contribution < 1.29 is 0 Å². The SMILES string of the molecule is c1ncc([C@@H]2CCCNC2)[nH]1. The van der Waals surface area contributed by atoms with E-state index in [-0.39, 0.29) is 0 Å². The summed E-state index contributed by atoms with van der Waals surface area (Å²) in [4.78, 5) is 7.17. The third-order valence-corrected chi connectivity index (χ3v) is 2.26. The molecule has 3 nitrogen and oxygen atoms in total. The second kappa shape index (κ2) is 3.05. The van der Waals surface area contributed by atoms with Crippen molar-refractivity contribution in [3.8, 4) is 0 Å². The third-order valence-electron chi connectivity index (χ3n) is 2.26. The maximum absolute atomic E-state index is 4.01. The number of aromatic amines is 1. The fourth-order valence-corrected chi connectivity index (χ4v) is 1.61. The minimum absolute atomic E-state index is 0.659. The van der Waals surface area contributed by atoms with E-state index in [1.807, 2.05) is 6.20 Å². The van der Waals surface area contributed by atoms with Crippen molar-refractivity contribution in [2.45, 2.75) is 18.8 Å². The molecule has 3 heteroatoms. The predicted octanol–water partition coefficient (Wildman–Crippen LogP) is 0.877. The molecule has 0 aromatic carbocycles. The van der Waals surface area contributed by atoms with Crippen molar-refractivity contribution in [1.82, 2.24) is 15.3 Å². The summed E-state index contributed by atoms with van der Waals surface area (Å²) in [5.74, 6) is 0.659. The number of hydrogen-bond acceptors (Lipinski definition) is 2. The molecule has 0 unspecified atom stereocenters. The number of nitrogens with zero attached hydrogens (tertiary/aromatic N) is 1. The normalized spacial score (nSPS) is 25.3. The van der Waals surface area contributed by atoms with Crippen LogP contribution in [0.2, 0.25) is 0 Å². The monoisotopic (exact) mass is 151 g/mol. The van der Waals surface area contributed by atoms with Gasteiger partial charge in [-0.15, -0.1) is 0 Å². The summed E-state index contributed by atoms with van der Waals surface area (Å²) in [6, 6.07) is 0. The largest absolute Gasteiger partial charge is 0.348 e. The predicted molar refractivity (Wildman–Crippen MR) is 43.4 cm³/mol. The van der Waals surface area contributed by atoms with Gasteiger partial charge in [-0.25, -0.2) is 4.98 Å². The number of H-pyrrole nitrogens is 1. The first kappa shape index (κ1) is 6.85. The maximum atomic E-state index is 4.01. The Bertz CT molecular complexity index is 199. The van der Waals surface area contributed by atoms with Crippen LogP contribution in [0.25, 0.3) is 0 Å². The lowest BCUT2D eigenvalue weighted by Crippen LogP contribution is -2.28. The molecule has 0 aliphatic carbocycles. The third kappa shape index (κ3) is 1.43. The highest BCUT2D eigenvalue weighted by atomic mass is 14.9. The van der Waals surface area contributed by atoms with Crippen molar-refractivity contribution in [3.63, 3.8) is 0 Å². The van der Waals surface area contributed by atoms with Gasteiger partial charge in [0.15, 0.2) is 0 Å². The Kier molecular flexibility index (Phi) is 1.90. The first-order valence-corrected chi connectivity index (χ1v) is 4.16. The van der Waals surface area contributed by atoms with E-state index in [2.05, 4.69) is 15.3 Å². The fraction of sp³-hybridized carbons (Fsp3) is 0.625. The molecule has 1 atom stereocenters. The molecule has 0 amide bonds. The minimum atomic E-state index is 0.659. The lowest BCUT2D eigenvalue weighted by molar-refractivity contribution is 0.456. The molecule has 0 radical (unpaired) electrons. The van der Waals surface area contributed by atoms with Gasteiger partial charge in [0, 0.05) is 24.4 Å². The van der Waals surface area contributed by atoms with Gasteiger partial charge in [0.25, 0.3) is 0 Å². The lowest BCUT2D eigenvalue weighted by Gasteiger charge is -2.20. The van der Waals surface area contributed by atoms with Gasteiger partial charge >= 0.3 is 0 Å². The van der Waals surface area contributed by atoms with E-state index in [4.69, 9.17) is 0 Å². The van der Waals surface area contributed by atoms with E-state index >= 15 is 0 Å². The molecular formula is C8H13N3. The zero-order valence-corrected chi connectivity index (χ0v) is 6.51. The molecule has 2 heterocycles. The van der Waals surface area contributed by atoms with Crippen molar-refractivity contribution in [3.05, 3.63) is 18.2 Å². The first-order chi connectivity index (χ1) is 5.47. The Morgan fingerprint density at radius 2 is 2.55 bits per heavy atom. The summed E-state index contributed by atoms with van der Waals surface area (Å²) < 4.78 is 0. The number of nitrogens with one attached hydrogen (secondary N) is 2. The number of rotatable bonds is 1. The molecule has 1 aliphatic heterocycles. The number of piperidine rings is 1. The Hall–Kier alpha value is -0.830. The van der Waals surface area contributed by atoms with Gasteiger partial charge in [-0.1, -0.05) is 0 Å². The van der Waals surface area contributed by atoms with Crippen molar-refractivity contribution in [2.75, 3.05) is 13.1 Å². The molecule has 0 bridgehead atoms. The number of imidazole rings is 1. The fourth-order valence-electron chi connectivity index (χ4n) is 1.61. The quantitative estimate of drug-likeness (QED) is 0.625. The highest BCUT2D eigenvalue weighted by Crippen LogP contribution is 2.19. The summed E-state index contributed by atoms with van der Waals surface area (Å²) in [5, 5.41) is 3.38. The summed E-state index contributed by atoms with van der Waals surface area (Å²) in [6.45, 7) is 2.27. The van der Waals surface area contributed by atoms with Crippen LogP contribution in [-0.4, -0.2) is 23.1 Å². The van der Waals surface area contributed by atoms with Crippen molar-refractivity contribution in [2.24, 2.45) is 0 Å². The topological polar surface area (TPSA) is 40.7 Å². The summed E-state index contributed by atoms with van der Waals surface area (Å²) in [5.41, 5.74) is 1.28. The van der Waals surface area contributed by atoms with Gasteiger partial charge in [0.1, 0.15) is 0 Å². The van der Waals surface area contributed by atoms with Crippen LogP contribution in [0.1, 0.15) is 24.5 Å². The molecule has 1 aromatic rings. The van der Waals surface area contributed by atoms with Crippen LogP contribution >= 0.6 is 0 Å². The van der Waals surface area contributed by atoms with Gasteiger partial charge < -0.3 is 10.3 Å². The standard InChI is InChI=1S/C8H13N3/c1-2-7(4-9-3-1)8-5-10-6-11-8/h5-7,9H,1-4H2,(H,10,11)/t7-/m1/s1. The zero-order chi connectivity index (χ0) is 7.52. The Labute approximate surface area is 66.2 Å². The Morgan fingerprint density at radius 3 is 3.18 bits per heavy atom. The van der Waals surface area contributed by atoms with Crippen LogP contribution in [0.5, 0.6) is 0 Å². The second-order valence-electron chi connectivity index (χ2n) is 3.05. The highest BCUT2D eigenvalue weighted by molar-refractivity contribution is 5.05. The second-order valence-corrected chi connectivity index (χ2v) is 3.05. The van der Waals surface area contributed by atoms with Gasteiger partial charge in [0.05, 0.1) is 6.33 Å². The smallest absolute Gasteiger partial charge is 0.0921 e. The number of hydrogen-bond donors (Lipinski definition) is 2. The molecule has 60 valence electrons. The molecule has 1 aromatic heterocycles. The van der Waals surface area contributed by atoms with E-state index in [1.54, 1.807) is 6.33 Å². The molecule has 0 spiro atoms. The van der Waals surface area contributed by atoms with E-state index in [1.165, 1.54) is 25.1 Å². The van der Waals surface area contributed by atoms with E-state index in [0.29, 0.717) is 5.92 Å².